The van der Waals surface area contributed by atoms with Gasteiger partial charge in [-0.1, -0.05) is 30.3 Å². The van der Waals surface area contributed by atoms with E-state index in [1.54, 1.807) is 0 Å². The van der Waals surface area contributed by atoms with Crippen LogP contribution in [0.15, 0.2) is 30.3 Å². The lowest BCUT2D eigenvalue weighted by Crippen LogP contribution is -2.48. The quantitative estimate of drug-likeness (QED) is 0.803. The predicted molar refractivity (Wildman–Crippen MR) is 73.9 cm³/mol. The summed E-state index contributed by atoms with van der Waals surface area (Å²) in [6, 6.07) is 8.61. The molecule has 0 N–H and O–H groups in total. The van der Waals surface area contributed by atoms with Crippen molar-refractivity contribution in [2.24, 2.45) is 0 Å². The van der Waals surface area contributed by atoms with Crippen molar-refractivity contribution in [2.45, 2.75) is 56.8 Å². The van der Waals surface area contributed by atoms with E-state index >= 15 is 0 Å². The topological polar surface area (TPSA) is 29.5 Å². The maximum atomic E-state index is 14.2. The minimum Gasteiger partial charge on any atom is -0.462 e. The molecule has 2 fully saturated rings. The van der Waals surface area contributed by atoms with Crippen LogP contribution in [0.3, 0.4) is 0 Å². The molecule has 2 heterocycles. The Kier molecular flexibility index (Phi) is 3.69. The van der Waals surface area contributed by atoms with Crippen molar-refractivity contribution in [3.05, 3.63) is 35.9 Å². The molecule has 0 spiro atoms. The molecule has 3 nitrogen and oxygen atoms in total. The van der Waals surface area contributed by atoms with Gasteiger partial charge in [0.15, 0.2) is 0 Å². The first-order valence-electron chi connectivity index (χ1n) is 7.30. The van der Waals surface area contributed by atoms with Gasteiger partial charge in [0, 0.05) is 38.8 Å². The number of ether oxygens (including phenoxy) is 1. The van der Waals surface area contributed by atoms with Gasteiger partial charge >= 0.3 is 5.97 Å². The van der Waals surface area contributed by atoms with Crippen molar-refractivity contribution < 1.29 is 18.3 Å². The second-order valence-electron chi connectivity index (χ2n) is 6.00. The van der Waals surface area contributed by atoms with Gasteiger partial charge in [0.2, 0.25) is 0 Å². The molecule has 2 saturated heterocycles. The number of hydrogen-bond acceptors (Lipinski definition) is 3. The third kappa shape index (κ3) is 2.93. The molecule has 2 aliphatic heterocycles. The molecule has 0 amide bonds. The number of esters is 1. The highest BCUT2D eigenvalue weighted by Crippen LogP contribution is 2.46. The second kappa shape index (κ2) is 5.37. The van der Waals surface area contributed by atoms with Crippen LogP contribution in [-0.4, -0.2) is 35.0 Å². The fraction of sp³-hybridized carbons (Fsp3) is 0.562. The van der Waals surface area contributed by atoms with Crippen LogP contribution in [0, 0.1) is 0 Å². The summed E-state index contributed by atoms with van der Waals surface area (Å²) in [6.07, 6.45) is 0.203. The summed E-state index contributed by atoms with van der Waals surface area (Å²) in [6.45, 7) is 1.86. The van der Waals surface area contributed by atoms with E-state index in [4.69, 9.17) is 4.74 Å². The predicted octanol–water partition coefficient (Wildman–Crippen LogP) is 2.99. The third-order valence-electron chi connectivity index (χ3n) is 4.43. The molecule has 21 heavy (non-hydrogen) atoms. The molecule has 0 aliphatic carbocycles. The Labute approximate surface area is 122 Å². The van der Waals surface area contributed by atoms with E-state index in [1.807, 2.05) is 35.2 Å². The molecule has 114 valence electrons. The SMILES string of the molecule is CC(=O)OC1CC2CC(F)(F)C(C1)N2Cc1ccccc1. The van der Waals surface area contributed by atoms with Crippen LogP contribution in [0.1, 0.15) is 31.7 Å². The normalized spacial score (nSPS) is 31.1. The van der Waals surface area contributed by atoms with Gasteiger partial charge in [-0.15, -0.1) is 0 Å². The van der Waals surface area contributed by atoms with Gasteiger partial charge in [0.25, 0.3) is 5.92 Å². The van der Waals surface area contributed by atoms with Gasteiger partial charge in [-0.3, -0.25) is 9.69 Å². The fourth-order valence-electron chi connectivity index (χ4n) is 3.60. The molecule has 3 unspecified atom stereocenters. The maximum Gasteiger partial charge on any atom is 0.302 e. The molecule has 1 aromatic rings. The Morgan fingerprint density at radius 3 is 2.67 bits per heavy atom. The zero-order valence-corrected chi connectivity index (χ0v) is 12.0. The highest BCUT2D eigenvalue weighted by molar-refractivity contribution is 5.66. The molecule has 3 rings (SSSR count). The van der Waals surface area contributed by atoms with Crippen LogP contribution >= 0.6 is 0 Å². The number of rotatable bonds is 3. The summed E-state index contributed by atoms with van der Waals surface area (Å²) in [4.78, 5) is 12.9. The molecule has 2 aliphatic rings. The van der Waals surface area contributed by atoms with E-state index in [-0.39, 0.29) is 31.0 Å². The van der Waals surface area contributed by atoms with E-state index in [2.05, 4.69) is 0 Å². The number of alkyl halides is 2. The van der Waals surface area contributed by atoms with Gasteiger partial charge in [-0.2, -0.15) is 0 Å². The van der Waals surface area contributed by atoms with Crippen LogP contribution < -0.4 is 0 Å². The first kappa shape index (κ1) is 14.4. The summed E-state index contributed by atoms with van der Waals surface area (Å²) in [7, 11) is 0. The average molecular weight is 295 g/mol. The fourth-order valence-corrected chi connectivity index (χ4v) is 3.60. The van der Waals surface area contributed by atoms with Crippen LogP contribution in [0.25, 0.3) is 0 Å². The van der Waals surface area contributed by atoms with Crippen LogP contribution in [0.4, 0.5) is 8.78 Å². The third-order valence-corrected chi connectivity index (χ3v) is 4.43. The summed E-state index contributed by atoms with van der Waals surface area (Å²) in [5, 5.41) is 0. The Morgan fingerprint density at radius 1 is 1.33 bits per heavy atom. The summed E-state index contributed by atoms with van der Waals surface area (Å²) >= 11 is 0. The van der Waals surface area contributed by atoms with Gasteiger partial charge in [-0.25, -0.2) is 8.78 Å². The minimum absolute atomic E-state index is 0.137. The lowest BCUT2D eigenvalue weighted by molar-refractivity contribution is -0.152. The molecule has 5 heteroatoms. The number of halogens is 2. The summed E-state index contributed by atoms with van der Waals surface area (Å²) < 4.78 is 33.5. The lowest BCUT2D eigenvalue weighted by Gasteiger charge is -2.38. The lowest BCUT2D eigenvalue weighted by atomic mass is 9.98. The van der Waals surface area contributed by atoms with Gasteiger partial charge in [0.05, 0.1) is 6.04 Å². The second-order valence-corrected chi connectivity index (χ2v) is 6.00. The zero-order valence-electron chi connectivity index (χ0n) is 12.0. The number of nitrogens with zero attached hydrogens (tertiary/aromatic N) is 1. The molecule has 0 radical (unpaired) electrons. The highest BCUT2D eigenvalue weighted by Gasteiger charge is 2.57. The molecular weight excluding hydrogens is 276 g/mol. The van der Waals surface area contributed by atoms with Crippen molar-refractivity contribution in [3.8, 4) is 0 Å². The maximum absolute atomic E-state index is 14.2. The molecule has 3 atom stereocenters. The molecule has 0 aromatic heterocycles. The average Bonchev–Trinajstić information content (AvgIpc) is 2.55. The number of hydrogen-bond donors (Lipinski definition) is 0. The molecule has 0 saturated carbocycles. The molecule has 2 bridgehead atoms. The zero-order chi connectivity index (χ0) is 15.0. The van der Waals surface area contributed by atoms with Crippen LogP contribution in [0.5, 0.6) is 0 Å². The van der Waals surface area contributed by atoms with Gasteiger partial charge in [0.1, 0.15) is 6.10 Å². The molecule has 1 aromatic carbocycles. The van der Waals surface area contributed by atoms with Crippen molar-refractivity contribution in [2.75, 3.05) is 0 Å². The first-order chi connectivity index (χ1) is 9.95. The monoisotopic (exact) mass is 295 g/mol. The van der Waals surface area contributed by atoms with Crippen molar-refractivity contribution >= 4 is 5.97 Å². The van der Waals surface area contributed by atoms with E-state index in [1.165, 1.54) is 6.92 Å². The Balaban J connectivity index is 1.76. The number of piperidine rings is 1. The standard InChI is InChI=1S/C16H19F2NO2/c1-11(20)21-14-7-13-9-16(17,18)15(8-14)19(13)10-12-5-3-2-4-6-12/h2-6,13-15H,7-10H2,1H3. The summed E-state index contributed by atoms with van der Waals surface area (Å²) in [5.41, 5.74) is 1.04. The van der Waals surface area contributed by atoms with Crippen LogP contribution in [0.2, 0.25) is 0 Å². The van der Waals surface area contributed by atoms with E-state index in [9.17, 15) is 13.6 Å². The van der Waals surface area contributed by atoms with Gasteiger partial charge < -0.3 is 4.74 Å². The summed E-state index contributed by atoms with van der Waals surface area (Å²) in [5.74, 6) is -3.09. The van der Waals surface area contributed by atoms with E-state index in [0.717, 1.165) is 5.56 Å². The van der Waals surface area contributed by atoms with E-state index < -0.39 is 12.0 Å². The number of carbonyl (C=O) groups is 1. The number of carbonyl (C=O) groups excluding carboxylic acids is 1. The minimum atomic E-state index is -2.70. The van der Waals surface area contributed by atoms with E-state index in [0.29, 0.717) is 13.0 Å². The molecular formula is C16H19F2NO2. The Hall–Kier alpha value is -1.49. The highest BCUT2D eigenvalue weighted by atomic mass is 19.3. The van der Waals surface area contributed by atoms with Gasteiger partial charge in [-0.05, 0) is 5.56 Å². The van der Waals surface area contributed by atoms with Crippen LogP contribution in [-0.2, 0) is 16.1 Å². The van der Waals surface area contributed by atoms with Crippen molar-refractivity contribution in [1.82, 2.24) is 4.90 Å². The largest absolute Gasteiger partial charge is 0.462 e. The first-order valence-corrected chi connectivity index (χ1v) is 7.30. The smallest absolute Gasteiger partial charge is 0.302 e. The van der Waals surface area contributed by atoms with Crippen molar-refractivity contribution in [1.29, 1.82) is 0 Å². The Bertz CT molecular complexity index is 520. The van der Waals surface area contributed by atoms with Crippen molar-refractivity contribution in [3.63, 3.8) is 0 Å². The Morgan fingerprint density at radius 2 is 2.05 bits per heavy atom. The number of benzene rings is 1. The number of fused-ring (bicyclic) bond motifs is 2.